The van der Waals surface area contributed by atoms with Crippen LogP contribution in [0.5, 0.6) is 11.5 Å². The van der Waals surface area contributed by atoms with E-state index in [-0.39, 0.29) is 11.4 Å². The zero-order chi connectivity index (χ0) is 21.7. The monoisotopic (exact) mass is 490 g/mol. The summed E-state index contributed by atoms with van der Waals surface area (Å²) in [4.78, 5) is 38.4. The predicted molar refractivity (Wildman–Crippen MR) is 120 cm³/mol. The molecule has 3 amide bonds. The normalized spacial score (nSPS) is 14.9. The van der Waals surface area contributed by atoms with Crippen molar-refractivity contribution in [1.29, 1.82) is 0 Å². The predicted octanol–water partition coefficient (Wildman–Crippen LogP) is 4.53. The largest absolute Gasteiger partial charge is 0.493 e. The summed E-state index contributed by atoms with van der Waals surface area (Å²) in [6.45, 7) is 1.98. The summed E-state index contributed by atoms with van der Waals surface area (Å²) in [6.07, 6.45) is 1.59. The maximum atomic E-state index is 12.7. The van der Waals surface area contributed by atoms with Gasteiger partial charge >= 0.3 is 0 Å². The van der Waals surface area contributed by atoms with Gasteiger partial charge in [-0.15, -0.1) is 0 Å². The van der Waals surface area contributed by atoms with Crippen molar-refractivity contribution in [2.75, 3.05) is 25.6 Å². The van der Waals surface area contributed by atoms with E-state index in [4.69, 9.17) is 9.47 Å². The second-order valence-corrected chi connectivity index (χ2v) is 8.00. The van der Waals surface area contributed by atoms with E-state index in [1.807, 2.05) is 13.0 Å². The van der Waals surface area contributed by atoms with E-state index in [0.717, 1.165) is 16.7 Å². The van der Waals surface area contributed by atoms with Crippen molar-refractivity contribution >= 4 is 56.5 Å². The molecule has 1 aliphatic rings. The Morgan fingerprint density at radius 2 is 1.97 bits per heavy atom. The highest BCUT2D eigenvalue weighted by Gasteiger charge is 2.36. The molecule has 0 spiro atoms. The Labute approximate surface area is 186 Å². The van der Waals surface area contributed by atoms with Crippen molar-refractivity contribution in [3.8, 4) is 11.5 Å². The van der Waals surface area contributed by atoms with Crippen LogP contribution < -0.4 is 14.8 Å². The molecule has 3 rings (SSSR count). The van der Waals surface area contributed by atoms with Crippen LogP contribution in [-0.2, 0) is 9.59 Å². The minimum absolute atomic E-state index is 0.227. The number of nitrogens with zero attached hydrogens (tertiary/aromatic N) is 1. The molecule has 1 fully saturated rings. The van der Waals surface area contributed by atoms with Crippen molar-refractivity contribution in [3.05, 3.63) is 57.4 Å². The smallest absolute Gasteiger partial charge is 0.294 e. The number of anilines is 1. The molecule has 2 aromatic carbocycles. The Morgan fingerprint density at radius 1 is 1.23 bits per heavy atom. The van der Waals surface area contributed by atoms with E-state index in [2.05, 4.69) is 21.2 Å². The number of nitrogens with one attached hydrogen (secondary N) is 1. The zero-order valence-electron chi connectivity index (χ0n) is 16.3. The first-order chi connectivity index (χ1) is 14.4. The van der Waals surface area contributed by atoms with Gasteiger partial charge in [0.2, 0.25) is 5.91 Å². The van der Waals surface area contributed by atoms with Crippen molar-refractivity contribution in [1.82, 2.24) is 4.90 Å². The standard InChI is InChI=1S/C21H19BrN2O5S/c1-3-29-19-15(22)9-13(10-16(19)28-2)11-17-20(26)24(21(27)30-17)12-18(25)23-14-7-5-4-6-8-14/h4-11H,3,12H2,1-2H3,(H,23,25)/b17-11+. The first kappa shape index (κ1) is 21.9. The number of thioether (sulfide) groups is 1. The third-order valence-electron chi connectivity index (χ3n) is 4.07. The fraction of sp³-hybridized carbons (Fsp3) is 0.190. The molecule has 156 valence electrons. The van der Waals surface area contributed by atoms with Gasteiger partial charge in [0.05, 0.1) is 23.1 Å². The lowest BCUT2D eigenvalue weighted by Crippen LogP contribution is -2.36. The van der Waals surface area contributed by atoms with Crippen LogP contribution >= 0.6 is 27.7 Å². The van der Waals surface area contributed by atoms with Crippen LogP contribution in [0.25, 0.3) is 6.08 Å². The lowest BCUT2D eigenvalue weighted by molar-refractivity contribution is -0.127. The molecule has 0 aliphatic carbocycles. The molecule has 0 radical (unpaired) electrons. The Bertz CT molecular complexity index is 1010. The molecule has 0 unspecified atom stereocenters. The zero-order valence-corrected chi connectivity index (χ0v) is 18.7. The van der Waals surface area contributed by atoms with E-state index >= 15 is 0 Å². The van der Waals surface area contributed by atoms with Gasteiger partial charge in [-0.05, 0) is 70.5 Å². The van der Waals surface area contributed by atoms with Crippen molar-refractivity contribution in [2.45, 2.75) is 6.92 Å². The van der Waals surface area contributed by atoms with Gasteiger partial charge in [-0.25, -0.2) is 0 Å². The second kappa shape index (κ2) is 9.82. The number of carbonyl (C=O) groups is 3. The minimum atomic E-state index is -0.516. The van der Waals surface area contributed by atoms with Gasteiger partial charge in [-0.2, -0.15) is 0 Å². The molecule has 9 heteroatoms. The molecule has 1 N–H and O–H groups in total. The molecule has 30 heavy (non-hydrogen) atoms. The Kier molecular flexibility index (Phi) is 7.17. The Balaban J connectivity index is 1.76. The molecule has 0 aromatic heterocycles. The van der Waals surface area contributed by atoms with Gasteiger partial charge in [-0.1, -0.05) is 18.2 Å². The van der Waals surface area contributed by atoms with E-state index < -0.39 is 17.1 Å². The van der Waals surface area contributed by atoms with Gasteiger partial charge in [0.1, 0.15) is 6.54 Å². The molecule has 0 bridgehead atoms. The molecule has 7 nitrogen and oxygen atoms in total. The third kappa shape index (κ3) is 5.03. The molecule has 2 aromatic rings. The first-order valence-corrected chi connectivity index (χ1v) is 10.6. The van der Waals surface area contributed by atoms with E-state index in [1.165, 1.54) is 7.11 Å². The highest BCUT2D eigenvalue weighted by Crippen LogP contribution is 2.39. The summed E-state index contributed by atoms with van der Waals surface area (Å²) in [6, 6.07) is 12.3. The van der Waals surface area contributed by atoms with Gasteiger partial charge in [0.15, 0.2) is 11.5 Å². The SMILES string of the molecule is CCOc1c(Br)cc(/C=C2/SC(=O)N(CC(=O)Nc3ccccc3)C2=O)cc1OC. The van der Waals surface area contributed by atoms with Crippen LogP contribution in [0.2, 0.25) is 0 Å². The summed E-state index contributed by atoms with van der Waals surface area (Å²) in [5.74, 6) is 0.0918. The van der Waals surface area contributed by atoms with Crippen molar-refractivity contribution in [3.63, 3.8) is 0 Å². The fourth-order valence-corrected chi connectivity index (χ4v) is 4.17. The third-order valence-corrected chi connectivity index (χ3v) is 5.57. The number of hydrogen-bond donors (Lipinski definition) is 1. The van der Waals surface area contributed by atoms with E-state index in [1.54, 1.807) is 42.5 Å². The van der Waals surface area contributed by atoms with Crippen LogP contribution in [-0.4, -0.2) is 42.2 Å². The lowest BCUT2D eigenvalue weighted by atomic mass is 10.2. The number of rotatable bonds is 7. The summed E-state index contributed by atoms with van der Waals surface area (Å²) < 4.78 is 11.6. The molecule has 1 aliphatic heterocycles. The summed E-state index contributed by atoms with van der Waals surface area (Å²) >= 11 is 4.23. The van der Waals surface area contributed by atoms with Gasteiger partial charge in [0, 0.05) is 5.69 Å². The van der Waals surface area contributed by atoms with Crippen molar-refractivity contribution in [2.24, 2.45) is 0 Å². The topological polar surface area (TPSA) is 84.9 Å². The average molecular weight is 491 g/mol. The summed E-state index contributed by atoms with van der Waals surface area (Å²) in [5, 5.41) is 2.17. The second-order valence-electron chi connectivity index (χ2n) is 6.15. The average Bonchev–Trinajstić information content (AvgIpc) is 2.98. The highest BCUT2D eigenvalue weighted by atomic mass is 79.9. The number of amides is 3. The van der Waals surface area contributed by atoms with Crippen LogP contribution in [0.1, 0.15) is 12.5 Å². The highest BCUT2D eigenvalue weighted by molar-refractivity contribution is 9.10. The number of halogens is 1. The molecule has 0 atom stereocenters. The number of benzene rings is 2. The molecular weight excluding hydrogens is 472 g/mol. The Morgan fingerprint density at radius 3 is 2.63 bits per heavy atom. The number of carbonyl (C=O) groups excluding carboxylic acids is 3. The molecule has 1 heterocycles. The van der Waals surface area contributed by atoms with E-state index in [9.17, 15) is 14.4 Å². The molecular formula is C21H19BrN2O5S. The molecule has 1 saturated heterocycles. The Hall–Kier alpha value is -2.78. The van der Waals surface area contributed by atoms with Crippen LogP contribution in [0.4, 0.5) is 10.5 Å². The van der Waals surface area contributed by atoms with Gasteiger partial charge in [-0.3, -0.25) is 19.3 Å². The van der Waals surface area contributed by atoms with Crippen LogP contribution in [0.3, 0.4) is 0 Å². The number of hydrogen-bond acceptors (Lipinski definition) is 6. The van der Waals surface area contributed by atoms with Crippen molar-refractivity contribution < 1.29 is 23.9 Å². The number of para-hydroxylation sites is 1. The first-order valence-electron chi connectivity index (χ1n) is 9.03. The fourth-order valence-electron chi connectivity index (χ4n) is 2.76. The number of methoxy groups -OCH3 is 1. The van der Waals surface area contributed by atoms with Crippen LogP contribution in [0.15, 0.2) is 51.8 Å². The van der Waals surface area contributed by atoms with E-state index in [0.29, 0.717) is 33.8 Å². The maximum Gasteiger partial charge on any atom is 0.294 e. The number of ether oxygens (including phenoxy) is 2. The summed E-state index contributed by atoms with van der Waals surface area (Å²) in [7, 11) is 1.52. The van der Waals surface area contributed by atoms with Gasteiger partial charge < -0.3 is 14.8 Å². The minimum Gasteiger partial charge on any atom is -0.493 e. The van der Waals surface area contributed by atoms with Crippen LogP contribution in [0, 0.1) is 0 Å². The lowest BCUT2D eigenvalue weighted by Gasteiger charge is -2.13. The van der Waals surface area contributed by atoms with Gasteiger partial charge in [0.25, 0.3) is 11.1 Å². The molecule has 0 saturated carbocycles. The quantitative estimate of drug-likeness (QED) is 0.573. The summed E-state index contributed by atoms with van der Waals surface area (Å²) in [5.41, 5.74) is 1.25. The number of imide groups is 1. The maximum absolute atomic E-state index is 12.7.